The molecule has 0 saturated carbocycles. The van der Waals surface area contributed by atoms with Crippen LogP contribution in [0.1, 0.15) is 11.5 Å². The van der Waals surface area contributed by atoms with Crippen molar-refractivity contribution in [2.45, 2.75) is 13.0 Å². The minimum Gasteiger partial charge on any atom is -0.464 e. The van der Waals surface area contributed by atoms with Crippen molar-refractivity contribution in [3.8, 4) is 0 Å². The molecular weight excluding hydrogens is 204 g/mol. The van der Waals surface area contributed by atoms with E-state index < -0.39 is 0 Å². The first-order chi connectivity index (χ1) is 6.36. The maximum absolute atomic E-state index is 5.54. The van der Waals surface area contributed by atoms with Crippen LogP contribution in [-0.4, -0.2) is 18.3 Å². The number of rotatable bonds is 6. The third kappa shape index (κ3) is 4.11. The zero-order chi connectivity index (χ0) is 9.52. The molecule has 0 fully saturated rings. The van der Waals surface area contributed by atoms with Crippen molar-refractivity contribution >= 4 is 23.8 Å². The first-order valence-corrected chi connectivity index (χ1v) is 6.63. The van der Waals surface area contributed by atoms with Crippen LogP contribution in [0.5, 0.6) is 0 Å². The van der Waals surface area contributed by atoms with Crippen LogP contribution in [0, 0.1) is 0 Å². The highest BCUT2D eigenvalue weighted by atomic mass is 32.2. The van der Waals surface area contributed by atoms with Crippen molar-refractivity contribution < 1.29 is 8.60 Å². The molecule has 1 heterocycles. The Bertz CT molecular complexity index is 213. The zero-order valence-corrected chi connectivity index (χ0v) is 9.54. The van der Waals surface area contributed by atoms with Crippen molar-refractivity contribution in [1.29, 1.82) is 0 Å². The summed E-state index contributed by atoms with van der Waals surface area (Å²) in [6.07, 6.45) is 5.00. The number of aryl methyl sites for hydroxylation is 1. The third-order valence-electron chi connectivity index (χ3n) is 1.59. The lowest BCUT2D eigenvalue weighted by atomic mass is 10.3. The van der Waals surface area contributed by atoms with Gasteiger partial charge in [-0.2, -0.15) is 11.8 Å². The molecule has 4 heteroatoms. The fourth-order valence-electron chi connectivity index (χ4n) is 0.954. The van der Waals surface area contributed by atoms with Gasteiger partial charge in [0.25, 0.3) is 0 Å². The van der Waals surface area contributed by atoms with Crippen molar-refractivity contribution in [1.82, 2.24) is 0 Å². The van der Waals surface area contributed by atoms with Gasteiger partial charge in [-0.15, -0.1) is 0 Å². The highest BCUT2D eigenvalue weighted by Gasteiger charge is 2.01. The molecule has 0 aliphatic carbocycles. The summed E-state index contributed by atoms with van der Waals surface area (Å²) in [7, 11) is 0. The van der Waals surface area contributed by atoms with E-state index in [1.54, 1.807) is 0 Å². The van der Waals surface area contributed by atoms with Crippen LogP contribution in [-0.2, 0) is 17.2 Å². The topological polar surface area (TPSA) is 22.4 Å². The number of hydrogen-bond donors (Lipinski definition) is 0. The van der Waals surface area contributed by atoms with Crippen LogP contribution in [0.3, 0.4) is 0 Å². The molecule has 0 N–H and O–H groups in total. The van der Waals surface area contributed by atoms with E-state index >= 15 is 0 Å². The highest BCUT2D eigenvalue weighted by Crippen LogP contribution is 2.13. The molecule has 0 aliphatic heterocycles. The van der Waals surface area contributed by atoms with E-state index in [0.29, 0.717) is 6.61 Å². The summed E-state index contributed by atoms with van der Waals surface area (Å²) in [4.78, 5) is 0. The summed E-state index contributed by atoms with van der Waals surface area (Å²) in [6, 6.07) is 4.00. The SMILES string of the molecule is CSCCc1ccc(COSC)o1. The number of hydrogen-bond acceptors (Lipinski definition) is 4. The average molecular weight is 218 g/mol. The first-order valence-electron chi connectivity index (χ1n) is 4.09. The van der Waals surface area contributed by atoms with Gasteiger partial charge in [0.05, 0.1) is 0 Å². The Hall–Kier alpha value is -0.0600. The van der Waals surface area contributed by atoms with Crippen LogP contribution in [0.2, 0.25) is 0 Å². The lowest BCUT2D eigenvalue weighted by molar-refractivity contribution is 0.309. The molecule has 0 radical (unpaired) electrons. The predicted octanol–water partition coefficient (Wildman–Crippen LogP) is 2.98. The Morgan fingerprint density at radius 3 is 2.77 bits per heavy atom. The van der Waals surface area contributed by atoms with Crippen molar-refractivity contribution in [2.24, 2.45) is 0 Å². The molecule has 0 spiro atoms. The van der Waals surface area contributed by atoms with E-state index in [2.05, 4.69) is 6.26 Å². The lowest BCUT2D eigenvalue weighted by Crippen LogP contribution is -1.84. The summed E-state index contributed by atoms with van der Waals surface area (Å²) in [5.41, 5.74) is 0. The Labute approximate surface area is 87.6 Å². The second-order valence-electron chi connectivity index (χ2n) is 2.54. The van der Waals surface area contributed by atoms with Crippen LogP contribution in [0.25, 0.3) is 0 Å². The molecule has 0 saturated heterocycles. The Balaban J connectivity index is 2.34. The molecule has 0 atom stereocenters. The van der Waals surface area contributed by atoms with E-state index in [4.69, 9.17) is 8.60 Å². The fourth-order valence-corrected chi connectivity index (χ4v) is 1.59. The van der Waals surface area contributed by atoms with Crippen LogP contribution < -0.4 is 0 Å². The van der Waals surface area contributed by atoms with Crippen molar-refractivity contribution in [2.75, 3.05) is 18.3 Å². The molecular formula is C9H14O2S2. The average Bonchev–Trinajstić information content (AvgIpc) is 2.59. The van der Waals surface area contributed by atoms with Gasteiger partial charge in [0.1, 0.15) is 18.1 Å². The molecule has 1 aromatic rings. The van der Waals surface area contributed by atoms with Crippen LogP contribution in [0.15, 0.2) is 16.5 Å². The van der Waals surface area contributed by atoms with Crippen LogP contribution in [0.4, 0.5) is 0 Å². The van der Waals surface area contributed by atoms with Gasteiger partial charge in [0.2, 0.25) is 0 Å². The van der Waals surface area contributed by atoms with Gasteiger partial charge < -0.3 is 8.60 Å². The highest BCUT2D eigenvalue weighted by molar-refractivity contribution is 7.98. The van der Waals surface area contributed by atoms with Crippen LogP contribution >= 0.6 is 23.8 Å². The van der Waals surface area contributed by atoms with Gasteiger partial charge in [-0.3, -0.25) is 0 Å². The van der Waals surface area contributed by atoms with E-state index in [1.165, 1.54) is 12.0 Å². The second kappa shape index (κ2) is 6.40. The van der Waals surface area contributed by atoms with E-state index in [0.717, 1.165) is 23.7 Å². The monoisotopic (exact) mass is 218 g/mol. The number of furan rings is 1. The maximum Gasteiger partial charge on any atom is 0.131 e. The normalized spacial score (nSPS) is 10.6. The second-order valence-corrected chi connectivity index (χ2v) is 4.09. The van der Waals surface area contributed by atoms with E-state index in [1.807, 2.05) is 30.2 Å². The van der Waals surface area contributed by atoms with Gasteiger partial charge in [-0.25, -0.2) is 0 Å². The molecule has 74 valence electrons. The third-order valence-corrected chi connectivity index (χ3v) is 2.55. The summed E-state index contributed by atoms with van der Waals surface area (Å²) in [5, 5.41) is 0. The van der Waals surface area contributed by atoms with Crippen molar-refractivity contribution in [3.63, 3.8) is 0 Å². The van der Waals surface area contributed by atoms with Gasteiger partial charge in [-0.05, 0) is 30.4 Å². The largest absolute Gasteiger partial charge is 0.464 e. The molecule has 0 aliphatic rings. The van der Waals surface area contributed by atoms with E-state index in [-0.39, 0.29) is 0 Å². The molecule has 0 amide bonds. The summed E-state index contributed by atoms with van der Waals surface area (Å²) < 4.78 is 10.7. The molecule has 0 bridgehead atoms. The molecule has 1 aromatic heterocycles. The fraction of sp³-hybridized carbons (Fsp3) is 0.556. The molecule has 0 unspecified atom stereocenters. The Kier molecular flexibility index (Phi) is 5.43. The molecule has 13 heavy (non-hydrogen) atoms. The van der Waals surface area contributed by atoms with Gasteiger partial charge in [0.15, 0.2) is 0 Å². The quantitative estimate of drug-likeness (QED) is 0.684. The summed E-state index contributed by atoms with van der Waals surface area (Å²) in [6.45, 7) is 0.556. The van der Waals surface area contributed by atoms with Gasteiger partial charge in [-0.1, -0.05) is 0 Å². The zero-order valence-electron chi connectivity index (χ0n) is 7.91. The predicted molar refractivity (Wildman–Crippen MR) is 59.1 cm³/mol. The van der Waals surface area contributed by atoms with Gasteiger partial charge in [0, 0.05) is 18.4 Å². The molecule has 1 rings (SSSR count). The minimum atomic E-state index is 0.556. The smallest absolute Gasteiger partial charge is 0.131 e. The molecule has 0 aromatic carbocycles. The number of thioether (sulfide) groups is 1. The summed E-state index contributed by atoms with van der Waals surface area (Å²) in [5.74, 6) is 3.07. The minimum absolute atomic E-state index is 0.556. The Morgan fingerprint density at radius 2 is 2.08 bits per heavy atom. The van der Waals surface area contributed by atoms with Crippen molar-refractivity contribution in [3.05, 3.63) is 23.7 Å². The summed E-state index contributed by atoms with van der Waals surface area (Å²) >= 11 is 3.19. The van der Waals surface area contributed by atoms with Gasteiger partial charge >= 0.3 is 0 Å². The Morgan fingerprint density at radius 1 is 1.31 bits per heavy atom. The first kappa shape index (κ1) is 11.0. The molecule has 2 nitrogen and oxygen atoms in total. The lowest BCUT2D eigenvalue weighted by Gasteiger charge is -1.95. The maximum atomic E-state index is 5.54. The van der Waals surface area contributed by atoms with E-state index in [9.17, 15) is 0 Å². The standard InChI is InChI=1S/C9H14O2S2/c1-12-6-5-8-3-4-9(11-8)7-10-13-2/h3-4H,5-7H2,1-2H3.